The lowest BCUT2D eigenvalue weighted by molar-refractivity contribution is 0.00255. The molecule has 0 spiro atoms. The summed E-state index contributed by atoms with van der Waals surface area (Å²) < 4.78 is 6.14. The van der Waals surface area contributed by atoms with E-state index < -0.39 is 0 Å². The van der Waals surface area contributed by atoms with Crippen LogP contribution in [-0.4, -0.2) is 12.2 Å². The fraction of sp³-hybridized carbons (Fsp3) is 1.00. The number of hydrogen-bond donors (Lipinski definition) is 0. The van der Waals surface area contributed by atoms with E-state index in [0.29, 0.717) is 17.6 Å². The molecule has 3 atom stereocenters. The molecular formula is C13H24O. The fourth-order valence-corrected chi connectivity index (χ4v) is 3.08. The predicted octanol–water partition coefficient (Wildman–Crippen LogP) is 3.77. The van der Waals surface area contributed by atoms with Gasteiger partial charge < -0.3 is 4.74 Å². The van der Waals surface area contributed by atoms with Gasteiger partial charge in [-0.25, -0.2) is 0 Å². The van der Waals surface area contributed by atoms with Crippen LogP contribution < -0.4 is 0 Å². The molecular weight excluding hydrogens is 172 g/mol. The molecule has 1 saturated heterocycles. The van der Waals surface area contributed by atoms with Gasteiger partial charge in [0, 0.05) is 0 Å². The first-order chi connectivity index (χ1) is 6.54. The van der Waals surface area contributed by atoms with E-state index in [4.69, 9.17) is 4.74 Å². The van der Waals surface area contributed by atoms with E-state index >= 15 is 0 Å². The van der Waals surface area contributed by atoms with Gasteiger partial charge in [-0.1, -0.05) is 33.6 Å². The number of ether oxygens (including phenoxy) is 1. The average Bonchev–Trinajstić information content (AvgIpc) is 2.42. The Balaban J connectivity index is 1.87. The highest BCUT2D eigenvalue weighted by Crippen LogP contribution is 2.40. The van der Waals surface area contributed by atoms with E-state index in [0.717, 1.165) is 5.92 Å². The maximum absolute atomic E-state index is 6.14. The lowest BCUT2D eigenvalue weighted by atomic mass is 9.82. The molecule has 1 nitrogen and oxygen atoms in total. The van der Waals surface area contributed by atoms with Crippen LogP contribution in [-0.2, 0) is 4.74 Å². The van der Waals surface area contributed by atoms with Gasteiger partial charge in [-0.3, -0.25) is 0 Å². The second-order valence-electron chi connectivity index (χ2n) is 6.34. The third-order valence-electron chi connectivity index (χ3n) is 3.61. The summed E-state index contributed by atoms with van der Waals surface area (Å²) in [7, 11) is 0. The molecule has 0 aromatic heterocycles. The predicted molar refractivity (Wildman–Crippen MR) is 59.3 cm³/mol. The summed E-state index contributed by atoms with van der Waals surface area (Å²) in [5.74, 6) is 0.899. The van der Waals surface area contributed by atoms with Gasteiger partial charge in [0.05, 0.1) is 12.2 Å². The van der Waals surface area contributed by atoms with Crippen molar-refractivity contribution in [2.45, 2.75) is 71.5 Å². The molecule has 2 fully saturated rings. The molecule has 0 radical (unpaired) electrons. The van der Waals surface area contributed by atoms with E-state index in [1.807, 2.05) is 0 Å². The monoisotopic (exact) mass is 196 g/mol. The summed E-state index contributed by atoms with van der Waals surface area (Å²) in [6.07, 6.45) is 9.33. The van der Waals surface area contributed by atoms with Crippen molar-refractivity contribution in [1.82, 2.24) is 0 Å². The van der Waals surface area contributed by atoms with Crippen LogP contribution in [0, 0.1) is 11.3 Å². The van der Waals surface area contributed by atoms with E-state index in [9.17, 15) is 0 Å². The zero-order valence-corrected chi connectivity index (χ0v) is 9.88. The van der Waals surface area contributed by atoms with E-state index in [1.54, 1.807) is 0 Å². The molecule has 0 bridgehead atoms. The molecule has 1 heteroatoms. The molecule has 1 aliphatic heterocycles. The van der Waals surface area contributed by atoms with Crippen molar-refractivity contribution < 1.29 is 4.74 Å². The molecule has 14 heavy (non-hydrogen) atoms. The number of rotatable bonds is 1. The van der Waals surface area contributed by atoms with Gasteiger partial charge in [-0.05, 0) is 37.0 Å². The Morgan fingerprint density at radius 1 is 1.14 bits per heavy atom. The van der Waals surface area contributed by atoms with Gasteiger partial charge in [-0.15, -0.1) is 0 Å². The van der Waals surface area contributed by atoms with Gasteiger partial charge in [0.2, 0.25) is 0 Å². The van der Waals surface area contributed by atoms with Crippen molar-refractivity contribution in [3.8, 4) is 0 Å². The highest BCUT2D eigenvalue weighted by atomic mass is 16.5. The minimum absolute atomic E-state index is 0.429. The minimum atomic E-state index is 0.429. The molecule has 1 heterocycles. The second-order valence-corrected chi connectivity index (χ2v) is 6.34. The summed E-state index contributed by atoms with van der Waals surface area (Å²) in [4.78, 5) is 0. The van der Waals surface area contributed by atoms with Gasteiger partial charge in [0.1, 0.15) is 0 Å². The van der Waals surface area contributed by atoms with Crippen molar-refractivity contribution in [1.29, 1.82) is 0 Å². The Hall–Kier alpha value is -0.0400. The average molecular weight is 196 g/mol. The number of fused-ring (bicyclic) bond motifs is 1. The van der Waals surface area contributed by atoms with Crippen LogP contribution in [0.25, 0.3) is 0 Å². The first-order valence-electron chi connectivity index (χ1n) is 6.20. The number of hydrogen-bond acceptors (Lipinski definition) is 1. The van der Waals surface area contributed by atoms with Crippen LogP contribution in [0.3, 0.4) is 0 Å². The largest absolute Gasteiger partial charge is 0.375 e. The summed E-state index contributed by atoms with van der Waals surface area (Å²) in [6, 6.07) is 0. The smallest absolute Gasteiger partial charge is 0.0608 e. The molecule has 0 N–H and O–H groups in total. The topological polar surface area (TPSA) is 9.23 Å². The Bertz CT molecular complexity index is 178. The van der Waals surface area contributed by atoms with E-state index in [1.165, 1.54) is 38.5 Å². The zero-order valence-electron chi connectivity index (χ0n) is 9.88. The molecule has 0 amide bonds. The maximum Gasteiger partial charge on any atom is 0.0608 e. The lowest BCUT2D eigenvalue weighted by Crippen LogP contribution is -2.21. The minimum Gasteiger partial charge on any atom is -0.375 e. The highest BCUT2D eigenvalue weighted by molar-refractivity contribution is 4.87. The molecule has 1 aliphatic carbocycles. The molecule has 2 rings (SSSR count). The first-order valence-corrected chi connectivity index (χ1v) is 6.20. The Morgan fingerprint density at radius 3 is 2.50 bits per heavy atom. The second kappa shape index (κ2) is 3.84. The van der Waals surface area contributed by atoms with E-state index in [2.05, 4.69) is 20.8 Å². The molecule has 3 unspecified atom stereocenters. The maximum atomic E-state index is 6.14. The zero-order chi connectivity index (χ0) is 10.2. The summed E-state index contributed by atoms with van der Waals surface area (Å²) >= 11 is 0. The molecule has 0 aromatic rings. The summed E-state index contributed by atoms with van der Waals surface area (Å²) in [5.41, 5.74) is 0.429. The normalized spacial score (nSPS) is 38.4. The molecule has 2 aliphatic rings. The van der Waals surface area contributed by atoms with Crippen molar-refractivity contribution in [3.05, 3.63) is 0 Å². The highest BCUT2D eigenvalue weighted by Gasteiger charge is 2.37. The van der Waals surface area contributed by atoms with Crippen molar-refractivity contribution in [2.24, 2.45) is 11.3 Å². The quantitative estimate of drug-likeness (QED) is 0.620. The van der Waals surface area contributed by atoms with Crippen LogP contribution in [0.4, 0.5) is 0 Å². The van der Waals surface area contributed by atoms with Crippen LogP contribution in [0.2, 0.25) is 0 Å². The third-order valence-corrected chi connectivity index (χ3v) is 3.61. The van der Waals surface area contributed by atoms with Crippen LogP contribution >= 0.6 is 0 Å². The van der Waals surface area contributed by atoms with Crippen molar-refractivity contribution in [2.75, 3.05) is 0 Å². The van der Waals surface area contributed by atoms with E-state index in [-0.39, 0.29) is 0 Å². The summed E-state index contributed by atoms with van der Waals surface area (Å²) in [5, 5.41) is 0. The van der Waals surface area contributed by atoms with Crippen LogP contribution in [0.15, 0.2) is 0 Å². The molecule has 1 saturated carbocycles. The van der Waals surface area contributed by atoms with Gasteiger partial charge in [0.25, 0.3) is 0 Å². The Kier molecular flexibility index (Phi) is 2.88. The van der Waals surface area contributed by atoms with Gasteiger partial charge in [0.15, 0.2) is 0 Å². The lowest BCUT2D eigenvalue weighted by Gasteiger charge is -2.24. The standard InChI is InChI=1S/C13H24O/c1-13(2,3)9-11-8-10-6-4-5-7-12(10)14-11/h10-12H,4-9H2,1-3H3. The van der Waals surface area contributed by atoms with Crippen LogP contribution in [0.1, 0.15) is 59.3 Å². The SMILES string of the molecule is CC(C)(C)CC1CC2CCCCC2O1. The first kappa shape index (κ1) is 10.5. The molecule has 0 aromatic carbocycles. The van der Waals surface area contributed by atoms with Gasteiger partial charge >= 0.3 is 0 Å². The fourth-order valence-electron chi connectivity index (χ4n) is 3.08. The Morgan fingerprint density at radius 2 is 1.86 bits per heavy atom. The van der Waals surface area contributed by atoms with Gasteiger partial charge in [-0.2, -0.15) is 0 Å². The molecule has 82 valence electrons. The van der Waals surface area contributed by atoms with Crippen LogP contribution in [0.5, 0.6) is 0 Å². The third kappa shape index (κ3) is 2.50. The summed E-state index contributed by atoms with van der Waals surface area (Å²) in [6.45, 7) is 6.95. The van der Waals surface area contributed by atoms with Crippen molar-refractivity contribution in [3.63, 3.8) is 0 Å². The Labute approximate surface area is 88.2 Å². The van der Waals surface area contributed by atoms with Crippen molar-refractivity contribution >= 4 is 0 Å².